The van der Waals surface area contributed by atoms with Crippen molar-refractivity contribution < 1.29 is 9.32 Å². The Morgan fingerprint density at radius 3 is 3.00 bits per heavy atom. The number of tetrazole rings is 1. The van der Waals surface area contributed by atoms with Gasteiger partial charge in [-0.25, -0.2) is 4.68 Å². The number of benzene rings is 1. The van der Waals surface area contributed by atoms with Gasteiger partial charge in [-0.1, -0.05) is 35.0 Å². The predicted molar refractivity (Wildman–Crippen MR) is 82.9 cm³/mol. The summed E-state index contributed by atoms with van der Waals surface area (Å²) in [6.45, 7) is 1.77. The summed E-state index contributed by atoms with van der Waals surface area (Å²) in [5.74, 6) is 0.558. The summed E-state index contributed by atoms with van der Waals surface area (Å²) >= 11 is 6.12. The monoisotopic (exact) mass is 347 g/mol. The van der Waals surface area contributed by atoms with Crippen LogP contribution >= 0.6 is 11.6 Å². The summed E-state index contributed by atoms with van der Waals surface area (Å²) in [7, 11) is 0. The van der Waals surface area contributed by atoms with Gasteiger partial charge in [0.1, 0.15) is 18.9 Å². The largest absolute Gasteiger partial charge is 0.343 e. The maximum Gasteiger partial charge on any atom is 0.248 e. The van der Waals surface area contributed by atoms with Crippen molar-refractivity contribution in [2.45, 2.75) is 25.9 Å². The number of carbonyl (C=O) groups is 1. The average Bonchev–Trinajstić information content (AvgIpc) is 3.21. The number of hydrogen-bond acceptors (Lipinski definition) is 7. The molecule has 1 N–H and O–H groups in total. The van der Waals surface area contributed by atoms with Crippen molar-refractivity contribution in [3.63, 3.8) is 0 Å². The number of amides is 1. The highest BCUT2D eigenvalue weighted by molar-refractivity contribution is 6.31. The molecule has 0 saturated carbocycles. The van der Waals surface area contributed by atoms with Crippen molar-refractivity contribution in [3.05, 3.63) is 52.9 Å². The van der Waals surface area contributed by atoms with E-state index in [0.29, 0.717) is 23.2 Å². The van der Waals surface area contributed by atoms with Gasteiger partial charge in [0, 0.05) is 11.4 Å². The average molecular weight is 348 g/mol. The lowest BCUT2D eigenvalue weighted by Crippen LogP contribution is -2.30. The van der Waals surface area contributed by atoms with Gasteiger partial charge >= 0.3 is 0 Å². The Kier molecular flexibility index (Phi) is 4.80. The number of nitrogens with one attached hydrogen (secondary N) is 1. The topological polar surface area (TPSA) is 112 Å². The molecule has 3 aromatic rings. The lowest BCUT2D eigenvalue weighted by molar-refractivity contribution is -0.122. The minimum absolute atomic E-state index is 0.0119. The van der Waals surface area contributed by atoms with Gasteiger partial charge in [0.05, 0.1) is 0 Å². The van der Waals surface area contributed by atoms with E-state index in [-0.39, 0.29) is 12.5 Å². The fourth-order valence-electron chi connectivity index (χ4n) is 2.08. The van der Waals surface area contributed by atoms with Crippen LogP contribution in [0.25, 0.3) is 0 Å². The minimum atomic E-state index is -0.429. The Balaban J connectivity index is 1.60. The molecule has 0 fully saturated rings. The fourth-order valence-corrected chi connectivity index (χ4v) is 2.28. The predicted octanol–water partition coefficient (Wildman–Crippen LogP) is 1.18. The van der Waals surface area contributed by atoms with Gasteiger partial charge in [0.25, 0.3) is 0 Å². The first-order valence-corrected chi connectivity index (χ1v) is 7.55. The zero-order valence-electron chi connectivity index (χ0n) is 12.8. The van der Waals surface area contributed by atoms with E-state index in [1.807, 2.05) is 18.2 Å². The number of nitrogens with zero attached hydrogens (tertiary/aromatic N) is 6. The highest BCUT2D eigenvalue weighted by atomic mass is 35.5. The van der Waals surface area contributed by atoms with E-state index in [1.165, 1.54) is 11.0 Å². The molecule has 9 nitrogen and oxygen atoms in total. The van der Waals surface area contributed by atoms with Gasteiger partial charge < -0.3 is 9.84 Å². The summed E-state index contributed by atoms with van der Waals surface area (Å²) in [5.41, 5.74) is 0.905. The maximum atomic E-state index is 11.9. The molecular weight excluding hydrogens is 334 g/mol. The van der Waals surface area contributed by atoms with Crippen molar-refractivity contribution in [2.24, 2.45) is 0 Å². The third-order valence-electron chi connectivity index (χ3n) is 3.24. The second-order valence-electron chi connectivity index (χ2n) is 5.11. The van der Waals surface area contributed by atoms with Crippen LogP contribution < -0.4 is 5.32 Å². The number of carbonyl (C=O) groups excluding carboxylic acids is 1. The lowest BCUT2D eigenvalue weighted by atomic mass is 10.1. The Morgan fingerprint density at radius 1 is 1.42 bits per heavy atom. The third kappa shape index (κ3) is 3.93. The van der Waals surface area contributed by atoms with Gasteiger partial charge in [-0.2, -0.15) is 4.98 Å². The van der Waals surface area contributed by atoms with Gasteiger partial charge in [0.15, 0.2) is 5.82 Å². The summed E-state index contributed by atoms with van der Waals surface area (Å²) in [4.78, 5) is 16.2. The first kappa shape index (κ1) is 16.1. The Bertz CT molecular complexity index is 818. The molecule has 0 radical (unpaired) electrons. The van der Waals surface area contributed by atoms with Crippen LogP contribution in [0.2, 0.25) is 5.02 Å². The van der Waals surface area contributed by atoms with E-state index in [2.05, 4.69) is 31.0 Å². The van der Waals surface area contributed by atoms with E-state index in [0.717, 1.165) is 5.56 Å². The molecular formula is C14H14ClN7O2. The third-order valence-corrected chi connectivity index (χ3v) is 3.60. The molecule has 24 heavy (non-hydrogen) atoms. The van der Waals surface area contributed by atoms with Gasteiger partial charge in [0.2, 0.25) is 11.8 Å². The van der Waals surface area contributed by atoms with Gasteiger partial charge in [-0.05, 0) is 29.0 Å². The van der Waals surface area contributed by atoms with Crippen molar-refractivity contribution in [1.82, 2.24) is 35.7 Å². The lowest BCUT2D eigenvalue weighted by Gasteiger charge is -2.08. The number of hydrogen-bond donors (Lipinski definition) is 1. The molecule has 0 aliphatic heterocycles. The normalized spacial score (nSPS) is 12.1. The van der Waals surface area contributed by atoms with Crippen molar-refractivity contribution in [2.75, 3.05) is 0 Å². The summed E-state index contributed by atoms with van der Waals surface area (Å²) in [6.07, 6.45) is 1.81. The van der Waals surface area contributed by atoms with E-state index >= 15 is 0 Å². The molecule has 0 unspecified atom stereocenters. The minimum Gasteiger partial charge on any atom is -0.343 e. The Morgan fingerprint density at radius 2 is 2.25 bits per heavy atom. The van der Waals surface area contributed by atoms with Crippen LogP contribution in [0.1, 0.15) is 30.2 Å². The molecule has 3 rings (SSSR count). The molecule has 10 heteroatoms. The second kappa shape index (κ2) is 7.18. The highest BCUT2D eigenvalue weighted by Crippen LogP contribution is 2.18. The molecule has 0 saturated heterocycles. The Labute approximate surface area is 142 Å². The van der Waals surface area contributed by atoms with Crippen LogP contribution in [0.4, 0.5) is 0 Å². The van der Waals surface area contributed by atoms with Crippen LogP contribution in [0.3, 0.4) is 0 Å². The number of aromatic nitrogens is 6. The quantitative estimate of drug-likeness (QED) is 0.712. The standard InChI is InChI=1S/C14H14ClN7O2/c1-9(17-13(23)7-22-8-16-20-21-22)14-18-12(19-24-14)6-10-4-2-3-5-11(10)15/h2-5,8-9H,6-7H2,1H3,(H,17,23)/t9-/m0/s1. The second-order valence-corrected chi connectivity index (χ2v) is 5.52. The first-order valence-electron chi connectivity index (χ1n) is 7.18. The van der Waals surface area contributed by atoms with Crippen LogP contribution in [0, 0.1) is 0 Å². The molecule has 1 amide bonds. The van der Waals surface area contributed by atoms with Gasteiger partial charge in [-0.15, -0.1) is 5.10 Å². The molecule has 124 valence electrons. The molecule has 2 aromatic heterocycles. The summed E-state index contributed by atoms with van der Waals surface area (Å²) < 4.78 is 6.53. The maximum absolute atomic E-state index is 11.9. The molecule has 0 spiro atoms. The molecule has 1 aromatic carbocycles. The van der Waals surface area contributed by atoms with Gasteiger partial charge in [-0.3, -0.25) is 4.79 Å². The molecule has 0 aliphatic rings. The van der Waals surface area contributed by atoms with Crippen LogP contribution in [0.5, 0.6) is 0 Å². The number of rotatable bonds is 6. The summed E-state index contributed by atoms with van der Waals surface area (Å²) in [6, 6.07) is 7.02. The van der Waals surface area contributed by atoms with E-state index < -0.39 is 6.04 Å². The van der Waals surface area contributed by atoms with Crippen molar-refractivity contribution >= 4 is 17.5 Å². The highest BCUT2D eigenvalue weighted by Gasteiger charge is 2.17. The van der Waals surface area contributed by atoms with Crippen molar-refractivity contribution in [1.29, 1.82) is 0 Å². The van der Waals surface area contributed by atoms with E-state index in [9.17, 15) is 4.79 Å². The van der Waals surface area contributed by atoms with Crippen molar-refractivity contribution in [3.8, 4) is 0 Å². The first-order chi connectivity index (χ1) is 11.6. The summed E-state index contributed by atoms with van der Waals surface area (Å²) in [5, 5.41) is 17.9. The zero-order valence-corrected chi connectivity index (χ0v) is 13.5. The molecule has 0 bridgehead atoms. The molecule has 0 aliphatic carbocycles. The smallest absolute Gasteiger partial charge is 0.248 e. The fraction of sp³-hybridized carbons (Fsp3) is 0.286. The van der Waals surface area contributed by atoms with Crippen LogP contribution in [-0.4, -0.2) is 36.3 Å². The van der Waals surface area contributed by atoms with Crippen LogP contribution in [0.15, 0.2) is 35.1 Å². The molecule has 2 heterocycles. The van der Waals surface area contributed by atoms with E-state index in [4.69, 9.17) is 16.1 Å². The van der Waals surface area contributed by atoms with Crippen LogP contribution in [-0.2, 0) is 17.8 Å². The van der Waals surface area contributed by atoms with E-state index in [1.54, 1.807) is 13.0 Å². The molecule has 1 atom stereocenters. The number of halogens is 1. The zero-order chi connectivity index (χ0) is 16.9. The SMILES string of the molecule is C[C@H](NC(=O)Cn1cnnn1)c1nc(Cc2ccccc2Cl)no1. The Hall–Kier alpha value is -2.81.